The molecule has 0 bridgehead atoms. The second-order valence-electron chi connectivity index (χ2n) is 5.66. The van der Waals surface area contributed by atoms with Gasteiger partial charge in [-0.05, 0) is 33.8 Å². The van der Waals surface area contributed by atoms with Crippen LogP contribution in [-0.4, -0.2) is 29.4 Å². The number of rotatable bonds is 4. The van der Waals surface area contributed by atoms with Crippen LogP contribution in [0.3, 0.4) is 0 Å². The van der Waals surface area contributed by atoms with Crippen LogP contribution in [0.1, 0.15) is 33.3 Å². The number of benzene rings is 1. The molecule has 1 N–H and O–H groups in total. The molecular weight excluding hydrogens is 311 g/mol. The fraction of sp³-hybridized carbons (Fsp3) is 0.375. The molecule has 0 fully saturated rings. The Hall–Kier alpha value is -2.31. The van der Waals surface area contributed by atoms with Gasteiger partial charge in [0.2, 0.25) is 0 Å². The molecule has 0 aliphatic heterocycles. The highest BCUT2D eigenvalue weighted by Crippen LogP contribution is 2.23. The van der Waals surface area contributed by atoms with Gasteiger partial charge in [0.1, 0.15) is 17.1 Å². The highest BCUT2D eigenvalue weighted by molar-refractivity contribution is 6.15. The van der Waals surface area contributed by atoms with E-state index in [1.165, 1.54) is 0 Å². The molecule has 0 spiro atoms. The number of aliphatic imine (C=N–C) groups is 1. The van der Waals surface area contributed by atoms with Crippen LogP contribution < -0.4 is 0 Å². The minimum atomic E-state index is -1.40. The Morgan fingerprint density at radius 1 is 1.22 bits per heavy atom. The summed E-state index contributed by atoms with van der Waals surface area (Å²) in [6.07, 6.45) is 1.02. The maximum Gasteiger partial charge on any atom is 0.343 e. The van der Waals surface area contributed by atoms with Crippen molar-refractivity contribution in [3.05, 3.63) is 40.7 Å². The van der Waals surface area contributed by atoms with E-state index in [0.717, 1.165) is 6.21 Å². The third kappa shape index (κ3) is 5.12. The van der Waals surface area contributed by atoms with Gasteiger partial charge in [0.15, 0.2) is 11.6 Å². The molecule has 0 aromatic heterocycles. The Balaban J connectivity index is 3.48. The van der Waals surface area contributed by atoms with Gasteiger partial charge in [-0.25, -0.2) is 18.0 Å². The maximum absolute atomic E-state index is 13.8. The molecule has 0 saturated carbocycles. The summed E-state index contributed by atoms with van der Waals surface area (Å²) in [5, 5.41) is 10.1. The smallest absolute Gasteiger partial charge is 0.343 e. The largest absolute Gasteiger partial charge is 0.506 e. The molecule has 0 saturated heterocycles. The summed E-state index contributed by atoms with van der Waals surface area (Å²) in [6, 6.07) is 0.745. The van der Waals surface area contributed by atoms with E-state index < -0.39 is 45.9 Å². The Labute approximate surface area is 132 Å². The quantitative estimate of drug-likeness (QED) is 0.300. The maximum atomic E-state index is 13.8. The second kappa shape index (κ2) is 7.30. The topological polar surface area (TPSA) is 58.9 Å². The van der Waals surface area contributed by atoms with Crippen molar-refractivity contribution in [2.75, 3.05) is 6.61 Å². The average molecular weight is 329 g/mol. The average Bonchev–Trinajstić information content (AvgIpc) is 2.41. The Morgan fingerprint density at radius 2 is 1.78 bits per heavy atom. The van der Waals surface area contributed by atoms with Gasteiger partial charge in [-0.3, -0.25) is 4.99 Å². The first-order valence-corrected chi connectivity index (χ1v) is 6.87. The van der Waals surface area contributed by atoms with Crippen LogP contribution in [0.25, 0.3) is 5.76 Å². The third-order valence-corrected chi connectivity index (χ3v) is 2.60. The normalized spacial score (nSPS) is 13.2. The van der Waals surface area contributed by atoms with E-state index in [-0.39, 0.29) is 12.7 Å². The standard InChI is InChI=1S/C16H18F3NO3/c1-5-23-15(22)10(8-20-16(2,3)4)14(21)9-6-12(18)13(19)7-11(9)17/h6-8,21H,5H2,1-4H3. The molecule has 4 nitrogen and oxygen atoms in total. The van der Waals surface area contributed by atoms with E-state index >= 15 is 0 Å². The zero-order valence-electron chi connectivity index (χ0n) is 13.3. The number of carbonyl (C=O) groups excluding carboxylic acids is 1. The molecule has 0 aliphatic rings. The number of aliphatic hydroxyl groups is 1. The van der Waals surface area contributed by atoms with E-state index in [2.05, 4.69) is 4.99 Å². The lowest BCUT2D eigenvalue weighted by Crippen LogP contribution is -2.15. The van der Waals surface area contributed by atoms with E-state index in [9.17, 15) is 23.1 Å². The molecular formula is C16H18F3NO3. The number of carbonyl (C=O) groups is 1. The van der Waals surface area contributed by atoms with Gasteiger partial charge in [-0.1, -0.05) is 0 Å². The van der Waals surface area contributed by atoms with Crippen molar-refractivity contribution in [1.29, 1.82) is 0 Å². The summed E-state index contributed by atoms with van der Waals surface area (Å²) >= 11 is 0. The number of nitrogens with zero attached hydrogens (tertiary/aromatic N) is 1. The first-order chi connectivity index (χ1) is 10.6. The number of hydrogen-bond donors (Lipinski definition) is 1. The van der Waals surface area contributed by atoms with Gasteiger partial charge < -0.3 is 9.84 Å². The fourth-order valence-corrected chi connectivity index (χ4v) is 1.53. The highest BCUT2D eigenvalue weighted by Gasteiger charge is 2.21. The molecule has 23 heavy (non-hydrogen) atoms. The zero-order valence-corrected chi connectivity index (χ0v) is 13.3. The molecule has 7 heteroatoms. The molecule has 0 radical (unpaired) electrons. The minimum absolute atomic E-state index is 0.0131. The first-order valence-electron chi connectivity index (χ1n) is 6.87. The fourth-order valence-electron chi connectivity index (χ4n) is 1.53. The molecule has 0 aliphatic carbocycles. The first kappa shape index (κ1) is 18.7. The van der Waals surface area contributed by atoms with Crippen LogP contribution in [0.4, 0.5) is 13.2 Å². The summed E-state index contributed by atoms with van der Waals surface area (Å²) < 4.78 is 44.8. The van der Waals surface area contributed by atoms with Gasteiger partial charge in [-0.2, -0.15) is 0 Å². The number of hydrogen-bond acceptors (Lipinski definition) is 4. The second-order valence-corrected chi connectivity index (χ2v) is 5.66. The van der Waals surface area contributed by atoms with Gasteiger partial charge >= 0.3 is 5.97 Å². The van der Waals surface area contributed by atoms with Crippen molar-refractivity contribution < 1.29 is 27.8 Å². The van der Waals surface area contributed by atoms with Crippen LogP contribution >= 0.6 is 0 Å². The van der Waals surface area contributed by atoms with Crippen molar-refractivity contribution in [2.45, 2.75) is 33.2 Å². The van der Waals surface area contributed by atoms with Crippen molar-refractivity contribution in [1.82, 2.24) is 0 Å². The molecule has 1 aromatic rings. The van der Waals surface area contributed by atoms with Gasteiger partial charge in [-0.15, -0.1) is 0 Å². The molecule has 0 unspecified atom stereocenters. The minimum Gasteiger partial charge on any atom is -0.506 e. The molecule has 0 heterocycles. The van der Waals surface area contributed by atoms with Crippen LogP contribution in [0, 0.1) is 17.5 Å². The third-order valence-electron chi connectivity index (χ3n) is 2.60. The van der Waals surface area contributed by atoms with Crippen molar-refractivity contribution >= 4 is 17.9 Å². The lowest BCUT2D eigenvalue weighted by atomic mass is 10.1. The number of halogens is 3. The summed E-state index contributed by atoms with van der Waals surface area (Å²) in [5.41, 5.74) is -1.69. The molecule has 1 rings (SSSR count). The predicted molar refractivity (Wildman–Crippen MR) is 80.7 cm³/mol. The zero-order chi connectivity index (χ0) is 17.8. The molecule has 1 aromatic carbocycles. The molecule has 0 amide bonds. The Bertz CT molecular complexity index is 661. The van der Waals surface area contributed by atoms with E-state index in [4.69, 9.17) is 4.74 Å². The predicted octanol–water partition coefficient (Wildman–Crippen LogP) is 3.81. The van der Waals surface area contributed by atoms with Crippen molar-refractivity contribution in [3.8, 4) is 0 Å². The van der Waals surface area contributed by atoms with Crippen LogP contribution in [0.5, 0.6) is 0 Å². The van der Waals surface area contributed by atoms with Gasteiger partial charge in [0.05, 0.1) is 17.7 Å². The highest BCUT2D eigenvalue weighted by atomic mass is 19.2. The van der Waals surface area contributed by atoms with Gasteiger partial charge in [0, 0.05) is 12.3 Å². The van der Waals surface area contributed by atoms with E-state index in [1.54, 1.807) is 27.7 Å². The van der Waals surface area contributed by atoms with Crippen LogP contribution in [0.2, 0.25) is 0 Å². The number of esters is 1. The summed E-state index contributed by atoms with van der Waals surface area (Å²) in [6.45, 7) is 6.77. The summed E-state index contributed by atoms with van der Waals surface area (Å²) in [7, 11) is 0. The van der Waals surface area contributed by atoms with E-state index in [1.807, 2.05) is 0 Å². The van der Waals surface area contributed by atoms with Gasteiger partial charge in [0.25, 0.3) is 0 Å². The lowest BCUT2D eigenvalue weighted by Gasteiger charge is -2.13. The summed E-state index contributed by atoms with van der Waals surface area (Å²) in [5.74, 6) is -5.81. The van der Waals surface area contributed by atoms with Crippen molar-refractivity contribution in [3.63, 3.8) is 0 Å². The molecule has 126 valence electrons. The number of ether oxygens (including phenoxy) is 1. The summed E-state index contributed by atoms with van der Waals surface area (Å²) in [4.78, 5) is 16.0. The monoisotopic (exact) mass is 329 g/mol. The Morgan fingerprint density at radius 3 is 2.30 bits per heavy atom. The van der Waals surface area contributed by atoms with Crippen molar-refractivity contribution in [2.24, 2.45) is 4.99 Å². The van der Waals surface area contributed by atoms with Crippen LogP contribution in [0.15, 0.2) is 22.7 Å². The van der Waals surface area contributed by atoms with E-state index in [0.29, 0.717) is 6.07 Å². The lowest BCUT2D eigenvalue weighted by molar-refractivity contribution is -0.137. The number of aliphatic hydroxyl groups excluding tert-OH is 1. The SMILES string of the molecule is CCOC(=O)C(C=NC(C)(C)C)=C(O)c1cc(F)c(F)cc1F. The molecule has 0 atom stereocenters. The van der Waals surface area contributed by atoms with Crippen LogP contribution in [-0.2, 0) is 9.53 Å². The Kier molecular flexibility index (Phi) is 5.95.